The summed E-state index contributed by atoms with van der Waals surface area (Å²) in [5, 5.41) is 4.39. The Hall–Kier alpha value is -2.07. The largest absolute Gasteiger partial charge is 0.456 e. The zero-order valence-electron chi connectivity index (χ0n) is 9.68. The Morgan fingerprint density at radius 1 is 1.33 bits per heavy atom. The molecule has 1 aromatic carbocycles. The van der Waals surface area contributed by atoms with Gasteiger partial charge in [-0.05, 0) is 25.1 Å². The summed E-state index contributed by atoms with van der Waals surface area (Å²) in [5.41, 5.74) is 3.10. The number of carbonyl (C=O) groups is 1. The van der Waals surface area contributed by atoms with E-state index in [0.717, 1.165) is 5.56 Å². The van der Waals surface area contributed by atoms with Crippen LogP contribution in [-0.4, -0.2) is 12.1 Å². The molecule has 2 aromatic rings. The molecule has 0 saturated heterocycles. The maximum Gasteiger partial charge on any atom is 0.307 e. The van der Waals surface area contributed by atoms with Gasteiger partial charge >= 0.3 is 5.91 Å². The van der Waals surface area contributed by atoms with E-state index in [1.165, 1.54) is 6.21 Å². The van der Waals surface area contributed by atoms with Gasteiger partial charge in [0.25, 0.3) is 0 Å². The van der Waals surface area contributed by atoms with Crippen molar-refractivity contribution in [2.75, 3.05) is 0 Å². The van der Waals surface area contributed by atoms with Gasteiger partial charge in [0, 0.05) is 10.6 Å². The van der Waals surface area contributed by atoms with E-state index in [0.29, 0.717) is 10.8 Å². The molecule has 1 N–H and O–H groups in total. The van der Waals surface area contributed by atoms with E-state index in [-0.39, 0.29) is 5.76 Å². The van der Waals surface area contributed by atoms with Gasteiger partial charge in [-0.2, -0.15) is 5.10 Å². The van der Waals surface area contributed by atoms with Crippen molar-refractivity contribution in [1.82, 2.24) is 5.43 Å². The number of benzene rings is 1. The van der Waals surface area contributed by atoms with Crippen molar-refractivity contribution in [3.8, 4) is 0 Å². The van der Waals surface area contributed by atoms with Gasteiger partial charge in [-0.1, -0.05) is 29.8 Å². The Morgan fingerprint density at radius 2 is 2.11 bits per heavy atom. The topological polar surface area (TPSA) is 54.6 Å². The van der Waals surface area contributed by atoms with Crippen molar-refractivity contribution in [2.24, 2.45) is 5.10 Å². The monoisotopic (exact) mass is 262 g/mol. The number of amides is 1. The first kappa shape index (κ1) is 12.4. The molecule has 0 aliphatic heterocycles. The maximum absolute atomic E-state index is 11.6. The summed E-state index contributed by atoms with van der Waals surface area (Å²) in [5.74, 6) is 0.505. The molecule has 0 atom stereocenters. The number of nitrogens with zero attached hydrogens (tertiary/aromatic N) is 1. The van der Waals surface area contributed by atoms with Crippen molar-refractivity contribution in [3.63, 3.8) is 0 Å². The fourth-order valence-corrected chi connectivity index (χ4v) is 1.54. The molecule has 18 heavy (non-hydrogen) atoms. The summed E-state index contributed by atoms with van der Waals surface area (Å²) < 4.78 is 5.16. The van der Waals surface area contributed by atoms with E-state index >= 15 is 0 Å². The molecule has 0 radical (unpaired) electrons. The van der Waals surface area contributed by atoms with Gasteiger partial charge in [0.15, 0.2) is 5.76 Å². The lowest BCUT2D eigenvalue weighted by atomic mass is 10.2. The number of nitrogens with one attached hydrogen (secondary N) is 1. The molecule has 1 aromatic heterocycles. The lowest BCUT2D eigenvalue weighted by Crippen LogP contribution is -2.16. The van der Waals surface area contributed by atoms with E-state index in [9.17, 15) is 4.79 Å². The molecule has 1 heterocycles. The Morgan fingerprint density at radius 3 is 2.78 bits per heavy atom. The lowest BCUT2D eigenvalue weighted by Gasteiger charge is -1.97. The average molecular weight is 263 g/mol. The number of furan rings is 1. The number of carbonyl (C=O) groups excluding carboxylic acids is 1. The van der Waals surface area contributed by atoms with Crippen LogP contribution in [0.2, 0.25) is 5.02 Å². The van der Waals surface area contributed by atoms with E-state index in [4.69, 9.17) is 16.0 Å². The minimum atomic E-state index is -0.397. The number of aryl methyl sites for hydroxylation is 1. The lowest BCUT2D eigenvalue weighted by molar-refractivity contribution is 0.0926. The summed E-state index contributed by atoms with van der Waals surface area (Å²) in [6.07, 6.45) is 1.48. The molecular formula is C13H11ClN2O2. The molecule has 5 heteroatoms. The number of hydrogen-bond donors (Lipinski definition) is 1. The van der Waals surface area contributed by atoms with Crippen LogP contribution in [0.15, 0.2) is 45.9 Å². The first-order valence-corrected chi connectivity index (χ1v) is 5.69. The molecule has 92 valence electrons. The van der Waals surface area contributed by atoms with Gasteiger partial charge in [0.2, 0.25) is 0 Å². The Bertz CT molecular complexity index is 590. The van der Waals surface area contributed by atoms with E-state index in [1.807, 2.05) is 12.1 Å². The van der Waals surface area contributed by atoms with Gasteiger partial charge in [0.05, 0.1) is 6.21 Å². The third-order valence-electron chi connectivity index (χ3n) is 2.24. The van der Waals surface area contributed by atoms with Crippen LogP contribution < -0.4 is 5.43 Å². The molecule has 0 aliphatic carbocycles. The van der Waals surface area contributed by atoms with E-state index in [1.54, 1.807) is 31.2 Å². The summed E-state index contributed by atoms with van der Waals surface area (Å²) >= 11 is 5.94. The van der Waals surface area contributed by atoms with Crippen LogP contribution in [0.1, 0.15) is 21.9 Å². The second-order valence-electron chi connectivity index (χ2n) is 3.63. The van der Waals surface area contributed by atoms with Crippen LogP contribution in [0.25, 0.3) is 0 Å². The number of halogens is 1. The number of rotatable bonds is 3. The van der Waals surface area contributed by atoms with E-state index in [2.05, 4.69) is 10.5 Å². The van der Waals surface area contributed by atoms with Gasteiger partial charge < -0.3 is 4.42 Å². The molecule has 0 spiro atoms. The fraction of sp³-hybridized carbons (Fsp3) is 0.0769. The first-order valence-electron chi connectivity index (χ1n) is 5.31. The van der Waals surface area contributed by atoms with Crippen LogP contribution >= 0.6 is 11.6 Å². The van der Waals surface area contributed by atoms with E-state index < -0.39 is 5.91 Å². The van der Waals surface area contributed by atoms with Crippen molar-refractivity contribution in [3.05, 3.63) is 58.5 Å². The normalized spacial score (nSPS) is 10.8. The summed E-state index contributed by atoms with van der Waals surface area (Å²) in [6, 6.07) is 10.5. The molecule has 0 unspecified atom stereocenters. The highest BCUT2D eigenvalue weighted by Crippen LogP contribution is 2.12. The quantitative estimate of drug-likeness (QED) is 0.683. The van der Waals surface area contributed by atoms with Gasteiger partial charge in [-0.3, -0.25) is 4.79 Å². The molecule has 1 amide bonds. The van der Waals surface area contributed by atoms with Crippen LogP contribution in [0.5, 0.6) is 0 Å². The molecule has 2 rings (SSSR count). The Labute approximate surface area is 109 Å². The standard InChI is InChI=1S/C13H11ClN2O2/c1-9-6-7-12(18-9)13(17)16-15-8-10-4-2-3-5-11(10)14/h2-8H,1H3,(H,16,17). The first-order chi connectivity index (χ1) is 8.66. The van der Waals surface area contributed by atoms with Crippen LogP contribution in [0.3, 0.4) is 0 Å². The SMILES string of the molecule is Cc1ccc(C(=O)NN=Cc2ccccc2Cl)o1. The molecule has 0 saturated carbocycles. The summed E-state index contributed by atoms with van der Waals surface area (Å²) in [7, 11) is 0. The molecular weight excluding hydrogens is 252 g/mol. The predicted molar refractivity (Wildman–Crippen MR) is 70.0 cm³/mol. The maximum atomic E-state index is 11.6. The van der Waals surface area contributed by atoms with Crippen LogP contribution in [0.4, 0.5) is 0 Å². The fourth-order valence-electron chi connectivity index (χ4n) is 1.35. The number of hydrazone groups is 1. The molecule has 0 aliphatic rings. The second-order valence-corrected chi connectivity index (χ2v) is 4.04. The van der Waals surface area contributed by atoms with Crippen molar-refractivity contribution in [2.45, 2.75) is 6.92 Å². The number of hydrogen-bond acceptors (Lipinski definition) is 3. The van der Waals surface area contributed by atoms with Gasteiger partial charge in [-0.25, -0.2) is 5.43 Å². The van der Waals surface area contributed by atoms with Crippen molar-refractivity contribution in [1.29, 1.82) is 0 Å². The van der Waals surface area contributed by atoms with Crippen LogP contribution in [-0.2, 0) is 0 Å². The summed E-state index contributed by atoms with van der Waals surface area (Å²) in [6.45, 7) is 1.77. The van der Waals surface area contributed by atoms with Crippen molar-refractivity contribution < 1.29 is 9.21 Å². The third kappa shape index (κ3) is 2.99. The molecule has 0 fully saturated rings. The minimum absolute atomic E-state index is 0.226. The van der Waals surface area contributed by atoms with Gasteiger partial charge in [0.1, 0.15) is 5.76 Å². The molecule has 4 nitrogen and oxygen atoms in total. The minimum Gasteiger partial charge on any atom is -0.456 e. The Balaban J connectivity index is 2.00. The van der Waals surface area contributed by atoms with Crippen LogP contribution in [0, 0.1) is 6.92 Å². The van der Waals surface area contributed by atoms with Gasteiger partial charge in [-0.15, -0.1) is 0 Å². The van der Waals surface area contributed by atoms with Crippen molar-refractivity contribution >= 4 is 23.7 Å². The Kier molecular flexibility index (Phi) is 3.79. The average Bonchev–Trinajstić information content (AvgIpc) is 2.78. The zero-order chi connectivity index (χ0) is 13.0. The highest BCUT2D eigenvalue weighted by atomic mass is 35.5. The highest BCUT2D eigenvalue weighted by molar-refractivity contribution is 6.33. The summed E-state index contributed by atoms with van der Waals surface area (Å²) in [4.78, 5) is 11.6. The second kappa shape index (κ2) is 5.51. The predicted octanol–water partition coefficient (Wildman–Crippen LogP) is 3.01. The smallest absolute Gasteiger partial charge is 0.307 e. The zero-order valence-corrected chi connectivity index (χ0v) is 10.4. The molecule has 0 bridgehead atoms. The third-order valence-corrected chi connectivity index (χ3v) is 2.58. The highest BCUT2D eigenvalue weighted by Gasteiger charge is 2.07.